The number of methoxy groups -OCH3 is 1. The molecule has 0 aliphatic heterocycles. The van der Waals surface area contributed by atoms with Crippen LogP contribution in [0, 0.1) is 0 Å². The molecule has 0 saturated carbocycles. The van der Waals surface area contributed by atoms with Crippen LogP contribution >= 0.6 is 11.8 Å². The minimum atomic E-state index is -0.373. The van der Waals surface area contributed by atoms with Gasteiger partial charge in [0.1, 0.15) is 12.4 Å². The zero-order chi connectivity index (χ0) is 15.1. The number of nitrogen functional groups attached to an aromatic ring is 1. The molecule has 0 bridgehead atoms. The van der Waals surface area contributed by atoms with Crippen molar-refractivity contribution in [1.29, 1.82) is 0 Å². The third-order valence-corrected chi connectivity index (χ3v) is 3.77. The van der Waals surface area contributed by atoms with E-state index in [1.807, 2.05) is 30.3 Å². The quantitative estimate of drug-likeness (QED) is 0.384. The van der Waals surface area contributed by atoms with Crippen LogP contribution in [0.2, 0.25) is 0 Å². The van der Waals surface area contributed by atoms with Gasteiger partial charge in [-0.1, -0.05) is 18.2 Å². The summed E-state index contributed by atoms with van der Waals surface area (Å²) in [5, 5.41) is 0. The Morgan fingerprint density at radius 2 is 1.95 bits per heavy atom. The molecule has 0 heterocycles. The van der Waals surface area contributed by atoms with Crippen LogP contribution in [0.15, 0.2) is 53.4 Å². The molecule has 0 radical (unpaired) electrons. The molecule has 110 valence electrons. The van der Waals surface area contributed by atoms with E-state index in [2.05, 4.69) is 0 Å². The zero-order valence-electron chi connectivity index (χ0n) is 11.7. The smallest absolute Gasteiger partial charge is 0.338 e. The Morgan fingerprint density at radius 1 is 1.19 bits per heavy atom. The van der Waals surface area contributed by atoms with Gasteiger partial charge in [0.05, 0.1) is 18.4 Å². The van der Waals surface area contributed by atoms with Crippen LogP contribution < -0.4 is 10.5 Å². The predicted molar refractivity (Wildman–Crippen MR) is 84.9 cm³/mol. The van der Waals surface area contributed by atoms with Crippen molar-refractivity contribution in [3.63, 3.8) is 0 Å². The average Bonchev–Trinajstić information content (AvgIpc) is 2.53. The fourth-order valence-corrected chi connectivity index (χ4v) is 2.48. The molecule has 2 aromatic rings. The second-order valence-electron chi connectivity index (χ2n) is 4.25. The van der Waals surface area contributed by atoms with E-state index in [1.165, 1.54) is 7.11 Å². The maximum absolute atomic E-state index is 11.9. The normalized spacial score (nSPS) is 10.1. The molecule has 0 atom stereocenters. The molecular formula is C16H17NO3S. The molecule has 4 nitrogen and oxygen atoms in total. The number of hydrogen-bond donors (Lipinski definition) is 1. The number of esters is 1. The Balaban J connectivity index is 1.82. The maximum Gasteiger partial charge on any atom is 0.338 e. The third-order valence-electron chi connectivity index (χ3n) is 2.80. The van der Waals surface area contributed by atoms with E-state index < -0.39 is 0 Å². The molecule has 0 amide bonds. The van der Waals surface area contributed by atoms with Crippen LogP contribution in [0.5, 0.6) is 5.75 Å². The van der Waals surface area contributed by atoms with E-state index in [1.54, 1.807) is 30.0 Å². The van der Waals surface area contributed by atoms with E-state index in [9.17, 15) is 4.79 Å². The first-order valence-corrected chi connectivity index (χ1v) is 7.48. The molecule has 2 rings (SSSR count). The number of anilines is 1. The Hall–Kier alpha value is -2.14. The second kappa shape index (κ2) is 7.59. The summed E-state index contributed by atoms with van der Waals surface area (Å²) in [5.74, 6) is 0.812. The average molecular weight is 303 g/mol. The number of carbonyl (C=O) groups excluding carboxylic acids is 1. The number of rotatable bonds is 6. The Kier molecular flexibility index (Phi) is 5.51. The monoisotopic (exact) mass is 303 g/mol. The summed E-state index contributed by atoms with van der Waals surface area (Å²) in [7, 11) is 1.51. The van der Waals surface area contributed by atoms with Gasteiger partial charge in [0.2, 0.25) is 0 Å². The highest BCUT2D eigenvalue weighted by atomic mass is 32.2. The molecule has 0 aliphatic rings. The molecule has 0 spiro atoms. The van der Waals surface area contributed by atoms with Gasteiger partial charge < -0.3 is 15.2 Å². The van der Waals surface area contributed by atoms with Crippen LogP contribution in [0.3, 0.4) is 0 Å². The lowest BCUT2D eigenvalue weighted by molar-refractivity contribution is 0.0530. The summed E-state index contributed by atoms with van der Waals surface area (Å²) < 4.78 is 10.3. The first-order valence-electron chi connectivity index (χ1n) is 6.49. The molecule has 0 aliphatic carbocycles. The molecule has 2 N–H and O–H groups in total. The van der Waals surface area contributed by atoms with Crippen molar-refractivity contribution < 1.29 is 14.3 Å². The van der Waals surface area contributed by atoms with Gasteiger partial charge in [0, 0.05) is 10.6 Å². The number of carbonyl (C=O) groups is 1. The summed E-state index contributed by atoms with van der Waals surface area (Å²) in [6.45, 7) is 0.352. The van der Waals surface area contributed by atoms with Crippen molar-refractivity contribution in [3.05, 3.63) is 54.1 Å². The Labute approximate surface area is 128 Å². The molecule has 0 fully saturated rings. The summed E-state index contributed by atoms with van der Waals surface area (Å²) in [6, 6.07) is 14.8. The van der Waals surface area contributed by atoms with E-state index in [-0.39, 0.29) is 5.97 Å². The number of hydrogen-bond acceptors (Lipinski definition) is 5. The van der Waals surface area contributed by atoms with Gasteiger partial charge in [-0.15, -0.1) is 11.8 Å². The van der Waals surface area contributed by atoms with E-state index in [0.29, 0.717) is 29.4 Å². The number of ether oxygens (including phenoxy) is 2. The molecule has 5 heteroatoms. The van der Waals surface area contributed by atoms with Crippen molar-refractivity contribution in [3.8, 4) is 5.75 Å². The van der Waals surface area contributed by atoms with Gasteiger partial charge in [-0.05, 0) is 30.3 Å². The van der Waals surface area contributed by atoms with Crippen LogP contribution in [-0.2, 0) is 4.74 Å². The maximum atomic E-state index is 11.9. The van der Waals surface area contributed by atoms with E-state index in [4.69, 9.17) is 15.2 Å². The third kappa shape index (κ3) is 4.43. The summed E-state index contributed by atoms with van der Waals surface area (Å²) in [4.78, 5) is 13.1. The van der Waals surface area contributed by atoms with Crippen LogP contribution in [0.25, 0.3) is 0 Å². The van der Waals surface area contributed by atoms with Gasteiger partial charge in [-0.25, -0.2) is 4.79 Å². The lowest BCUT2D eigenvalue weighted by Gasteiger charge is -2.08. The molecule has 2 aromatic carbocycles. The van der Waals surface area contributed by atoms with Crippen LogP contribution in [0.4, 0.5) is 5.69 Å². The largest absolute Gasteiger partial charge is 0.495 e. The second-order valence-corrected chi connectivity index (χ2v) is 5.42. The van der Waals surface area contributed by atoms with E-state index in [0.717, 1.165) is 4.90 Å². The van der Waals surface area contributed by atoms with Gasteiger partial charge in [0.25, 0.3) is 0 Å². The SMILES string of the molecule is COc1cc(C(=O)OCCSc2ccccc2)ccc1N. The lowest BCUT2D eigenvalue weighted by Crippen LogP contribution is -2.08. The van der Waals surface area contributed by atoms with Crippen LogP contribution in [0.1, 0.15) is 10.4 Å². The topological polar surface area (TPSA) is 61.5 Å². The number of nitrogens with two attached hydrogens (primary N) is 1. The highest BCUT2D eigenvalue weighted by Gasteiger charge is 2.10. The van der Waals surface area contributed by atoms with Crippen molar-refractivity contribution in [2.24, 2.45) is 0 Å². The Morgan fingerprint density at radius 3 is 2.67 bits per heavy atom. The van der Waals surface area contributed by atoms with Gasteiger partial charge in [-0.2, -0.15) is 0 Å². The standard InChI is InChI=1S/C16H17NO3S/c1-19-15-11-12(7-8-14(15)17)16(18)20-9-10-21-13-5-3-2-4-6-13/h2-8,11H,9-10,17H2,1H3. The van der Waals surface area contributed by atoms with Gasteiger partial charge in [-0.3, -0.25) is 0 Å². The molecule has 0 unspecified atom stereocenters. The van der Waals surface area contributed by atoms with E-state index >= 15 is 0 Å². The summed E-state index contributed by atoms with van der Waals surface area (Å²) in [5.41, 5.74) is 6.64. The number of thioether (sulfide) groups is 1. The van der Waals surface area contributed by atoms with Crippen LogP contribution in [-0.4, -0.2) is 25.4 Å². The fraction of sp³-hybridized carbons (Fsp3) is 0.188. The van der Waals surface area contributed by atoms with Crippen molar-refractivity contribution in [2.45, 2.75) is 4.90 Å². The zero-order valence-corrected chi connectivity index (χ0v) is 12.6. The first-order chi connectivity index (χ1) is 10.2. The number of benzene rings is 2. The highest BCUT2D eigenvalue weighted by Crippen LogP contribution is 2.22. The lowest BCUT2D eigenvalue weighted by atomic mass is 10.2. The molecule has 0 aromatic heterocycles. The summed E-state index contributed by atoms with van der Waals surface area (Å²) >= 11 is 1.65. The summed E-state index contributed by atoms with van der Waals surface area (Å²) in [6.07, 6.45) is 0. The fourth-order valence-electron chi connectivity index (χ4n) is 1.73. The van der Waals surface area contributed by atoms with Crippen molar-refractivity contribution in [2.75, 3.05) is 25.2 Å². The minimum Gasteiger partial charge on any atom is -0.495 e. The Bertz CT molecular complexity index is 602. The first kappa shape index (κ1) is 15.3. The molecular weight excluding hydrogens is 286 g/mol. The predicted octanol–water partition coefficient (Wildman–Crippen LogP) is 3.23. The van der Waals surface area contributed by atoms with Crippen molar-refractivity contribution >= 4 is 23.4 Å². The van der Waals surface area contributed by atoms with Gasteiger partial charge in [0.15, 0.2) is 0 Å². The minimum absolute atomic E-state index is 0.352. The highest BCUT2D eigenvalue weighted by molar-refractivity contribution is 7.99. The van der Waals surface area contributed by atoms with Crippen molar-refractivity contribution in [1.82, 2.24) is 0 Å². The van der Waals surface area contributed by atoms with Gasteiger partial charge >= 0.3 is 5.97 Å². The molecule has 21 heavy (non-hydrogen) atoms. The molecule has 0 saturated heterocycles.